The van der Waals surface area contributed by atoms with E-state index in [1.54, 1.807) is 25.1 Å². The van der Waals surface area contributed by atoms with Gasteiger partial charge in [0.2, 0.25) is 0 Å². The molecule has 0 saturated carbocycles. The minimum absolute atomic E-state index is 0.113. The fourth-order valence-corrected chi connectivity index (χ4v) is 3.51. The van der Waals surface area contributed by atoms with Crippen molar-refractivity contribution < 1.29 is 18.7 Å². The molecule has 4 rings (SSSR count). The maximum atomic E-state index is 14.0. The van der Waals surface area contributed by atoms with Crippen molar-refractivity contribution >= 4 is 28.9 Å². The van der Waals surface area contributed by atoms with E-state index in [1.807, 2.05) is 12.1 Å². The first-order valence-electron chi connectivity index (χ1n) is 8.76. The van der Waals surface area contributed by atoms with Crippen molar-refractivity contribution in [3.05, 3.63) is 65.1 Å². The minimum atomic E-state index is -0.517. The van der Waals surface area contributed by atoms with Crippen LogP contribution >= 0.6 is 12.2 Å². The van der Waals surface area contributed by atoms with E-state index in [1.165, 1.54) is 12.1 Å². The van der Waals surface area contributed by atoms with Gasteiger partial charge in [0.1, 0.15) is 19.0 Å². The van der Waals surface area contributed by atoms with E-state index in [9.17, 15) is 9.18 Å². The van der Waals surface area contributed by atoms with Gasteiger partial charge in [-0.05, 0) is 49.0 Å². The molecule has 6 nitrogen and oxygen atoms in total. The summed E-state index contributed by atoms with van der Waals surface area (Å²) in [7, 11) is 0. The largest absolute Gasteiger partial charge is 0.486 e. The zero-order chi connectivity index (χ0) is 19.7. The lowest BCUT2D eigenvalue weighted by Crippen LogP contribution is -2.45. The second kappa shape index (κ2) is 7.47. The van der Waals surface area contributed by atoms with Crippen molar-refractivity contribution in [3.63, 3.8) is 0 Å². The second-order valence-electron chi connectivity index (χ2n) is 6.41. The summed E-state index contributed by atoms with van der Waals surface area (Å²) in [6.07, 6.45) is 0. The lowest BCUT2D eigenvalue weighted by molar-refractivity contribution is -0.113. The number of anilines is 1. The molecule has 0 aliphatic carbocycles. The highest BCUT2D eigenvalue weighted by atomic mass is 32.1. The van der Waals surface area contributed by atoms with Crippen molar-refractivity contribution in [3.8, 4) is 11.5 Å². The Morgan fingerprint density at radius 3 is 2.71 bits per heavy atom. The molecular weight excluding hydrogens is 381 g/mol. The van der Waals surface area contributed by atoms with Crippen LogP contribution in [0.4, 0.5) is 10.1 Å². The van der Waals surface area contributed by atoms with Crippen molar-refractivity contribution in [2.45, 2.75) is 13.0 Å². The highest BCUT2D eigenvalue weighted by Gasteiger charge is 2.31. The molecule has 2 aromatic carbocycles. The molecule has 2 aromatic rings. The minimum Gasteiger partial charge on any atom is -0.486 e. The van der Waals surface area contributed by atoms with Crippen LogP contribution in [0.3, 0.4) is 0 Å². The highest BCUT2D eigenvalue weighted by molar-refractivity contribution is 7.80. The van der Waals surface area contributed by atoms with Crippen LogP contribution in [0, 0.1) is 5.82 Å². The van der Waals surface area contributed by atoms with Gasteiger partial charge < -0.3 is 25.4 Å². The third kappa shape index (κ3) is 3.50. The lowest BCUT2D eigenvalue weighted by atomic mass is 9.94. The van der Waals surface area contributed by atoms with E-state index in [-0.39, 0.29) is 5.69 Å². The third-order valence-electron chi connectivity index (χ3n) is 4.54. The first-order valence-corrected chi connectivity index (χ1v) is 9.17. The summed E-state index contributed by atoms with van der Waals surface area (Å²) in [5, 5.41) is 9.11. The van der Waals surface area contributed by atoms with Crippen LogP contribution in [-0.2, 0) is 4.79 Å². The Kier molecular flexibility index (Phi) is 4.87. The fourth-order valence-electron chi connectivity index (χ4n) is 3.24. The van der Waals surface area contributed by atoms with Gasteiger partial charge >= 0.3 is 0 Å². The van der Waals surface area contributed by atoms with Gasteiger partial charge in [0.05, 0.1) is 17.3 Å². The van der Waals surface area contributed by atoms with Crippen LogP contribution in [0.5, 0.6) is 11.5 Å². The molecule has 2 heterocycles. The van der Waals surface area contributed by atoms with Crippen LogP contribution in [0.25, 0.3) is 0 Å². The van der Waals surface area contributed by atoms with E-state index < -0.39 is 17.8 Å². The van der Waals surface area contributed by atoms with Crippen molar-refractivity contribution in [2.24, 2.45) is 0 Å². The number of para-hydroxylation sites is 1. The Bertz CT molecular complexity index is 992. The number of nitrogens with one attached hydrogen (secondary N) is 3. The molecule has 8 heteroatoms. The number of fused-ring (bicyclic) bond motifs is 1. The zero-order valence-corrected chi connectivity index (χ0v) is 15.9. The summed E-state index contributed by atoms with van der Waals surface area (Å²) in [6.45, 7) is 2.72. The Hall–Kier alpha value is -3.13. The van der Waals surface area contributed by atoms with Gasteiger partial charge in [-0.15, -0.1) is 0 Å². The number of thiocarbonyl (C=S) groups is 1. The molecule has 1 amide bonds. The number of ether oxygens (including phenoxy) is 2. The fraction of sp³-hybridized carbons (Fsp3) is 0.200. The first kappa shape index (κ1) is 18.2. The van der Waals surface area contributed by atoms with Gasteiger partial charge in [-0.1, -0.05) is 18.2 Å². The molecule has 3 N–H and O–H groups in total. The summed E-state index contributed by atoms with van der Waals surface area (Å²) in [4.78, 5) is 13.0. The Morgan fingerprint density at radius 2 is 1.93 bits per heavy atom. The molecule has 0 bridgehead atoms. The number of carbonyl (C=O) groups is 1. The van der Waals surface area contributed by atoms with E-state index in [0.29, 0.717) is 41.1 Å². The molecule has 28 heavy (non-hydrogen) atoms. The van der Waals surface area contributed by atoms with Crippen LogP contribution in [0.2, 0.25) is 0 Å². The predicted molar refractivity (Wildman–Crippen MR) is 107 cm³/mol. The Labute approximate surface area is 166 Å². The van der Waals surface area contributed by atoms with Gasteiger partial charge in [-0.2, -0.15) is 0 Å². The average Bonchev–Trinajstić information content (AvgIpc) is 2.68. The second-order valence-corrected chi connectivity index (χ2v) is 6.82. The van der Waals surface area contributed by atoms with E-state index >= 15 is 0 Å². The van der Waals surface area contributed by atoms with E-state index in [4.69, 9.17) is 21.7 Å². The van der Waals surface area contributed by atoms with E-state index in [0.717, 1.165) is 5.56 Å². The molecule has 2 aliphatic rings. The molecule has 0 saturated heterocycles. The van der Waals surface area contributed by atoms with Gasteiger partial charge in [0.25, 0.3) is 5.91 Å². The van der Waals surface area contributed by atoms with Crippen LogP contribution < -0.4 is 25.4 Å². The molecule has 0 fully saturated rings. The van der Waals surface area contributed by atoms with Crippen LogP contribution in [-0.4, -0.2) is 24.2 Å². The summed E-state index contributed by atoms with van der Waals surface area (Å²) < 4.78 is 25.2. The number of hydrogen-bond donors (Lipinski definition) is 3. The topological polar surface area (TPSA) is 71.6 Å². The zero-order valence-electron chi connectivity index (χ0n) is 15.0. The standard InChI is InChI=1S/C20H18FN3O3S/c1-11-17(19(25)23-14-5-3-2-4-13(14)21)18(24-20(28)22-11)12-6-7-15-16(10-12)27-9-8-26-15/h2-7,10,18H,8-9H2,1H3,(H,23,25)(H2,22,24,28)/t18-/m0/s1. The number of allylic oxidation sites excluding steroid dienone is 1. The van der Waals surface area contributed by atoms with Gasteiger partial charge in [-0.25, -0.2) is 4.39 Å². The van der Waals surface area contributed by atoms with Crippen LogP contribution in [0.1, 0.15) is 18.5 Å². The quantitative estimate of drug-likeness (QED) is 0.690. The van der Waals surface area contributed by atoms with E-state index in [2.05, 4.69) is 16.0 Å². The molecule has 144 valence electrons. The summed E-state index contributed by atoms with van der Waals surface area (Å²) in [5.41, 5.74) is 1.90. The first-order chi connectivity index (χ1) is 13.5. The molecular formula is C20H18FN3O3S. The van der Waals surface area contributed by atoms with Crippen molar-refractivity contribution in [1.29, 1.82) is 0 Å². The molecule has 0 radical (unpaired) electrons. The number of carbonyl (C=O) groups excluding carboxylic acids is 1. The Balaban J connectivity index is 1.69. The Morgan fingerprint density at radius 1 is 1.18 bits per heavy atom. The van der Waals surface area contributed by atoms with Crippen molar-refractivity contribution in [1.82, 2.24) is 10.6 Å². The summed E-state index contributed by atoms with van der Waals surface area (Å²) in [6, 6.07) is 11.0. The van der Waals surface area contributed by atoms with Gasteiger partial charge in [0.15, 0.2) is 16.6 Å². The molecule has 1 atom stereocenters. The molecule has 2 aliphatic heterocycles. The molecule has 0 spiro atoms. The van der Waals surface area contributed by atoms with Crippen molar-refractivity contribution in [2.75, 3.05) is 18.5 Å². The van der Waals surface area contributed by atoms with Gasteiger partial charge in [-0.3, -0.25) is 4.79 Å². The monoisotopic (exact) mass is 399 g/mol. The highest BCUT2D eigenvalue weighted by Crippen LogP contribution is 2.36. The summed E-state index contributed by atoms with van der Waals surface area (Å²) in [5.74, 6) is 0.341. The van der Waals surface area contributed by atoms with Crippen LogP contribution in [0.15, 0.2) is 53.7 Å². The number of benzene rings is 2. The number of rotatable bonds is 3. The SMILES string of the molecule is CC1=C(C(=O)Nc2ccccc2F)[C@H](c2ccc3c(c2)OCCO3)NC(=S)N1. The number of halogens is 1. The van der Waals surface area contributed by atoms with Gasteiger partial charge in [0, 0.05) is 5.70 Å². The summed E-state index contributed by atoms with van der Waals surface area (Å²) >= 11 is 5.27. The number of hydrogen-bond acceptors (Lipinski definition) is 4. The third-order valence-corrected chi connectivity index (χ3v) is 4.76. The average molecular weight is 399 g/mol. The normalized spacial score (nSPS) is 18.2. The molecule has 0 unspecified atom stereocenters. The number of amides is 1. The maximum Gasteiger partial charge on any atom is 0.255 e. The lowest BCUT2D eigenvalue weighted by Gasteiger charge is -2.31. The smallest absolute Gasteiger partial charge is 0.255 e. The maximum absolute atomic E-state index is 14.0. The predicted octanol–water partition coefficient (Wildman–Crippen LogP) is 3.03. The molecule has 0 aromatic heterocycles.